The van der Waals surface area contributed by atoms with E-state index in [1.807, 2.05) is 24.3 Å². The highest BCUT2D eigenvalue weighted by atomic mass is 35.5. The molecule has 1 amide bonds. The van der Waals surface area contributed by atoms with Crippen molar-refractivity contribution in [3.05, 3.63) is 64.7 Å². The van der Waals surface area contributed by atoms with Crippen LogP contribution in [0.5, 0.6) is 5.75 Å². The van der Waals surface area contributed by atoms with Crippen molar-refractivity contribution in [2.75, 3.05) is 25.9 Å². The molecule has 3 rings (SSSR count). The number of piperidine rings is 1. The number of nitrogens with one attached hydrogen (secondary N) is 1. The summed E-state index contributed by atoms with van der Waals surface area (Å²) >= 11 is 5.98. The lowest BCUT2D eigenvalue weighted by atomic mass is 9.98. The van der Waals surface area contributed by atoms with Crippen molar-refractivity contribution < 1.29 is 17.9 Å². The van der Waals surface area contributed by atoms with Crippen molar-refractivity contribution in [2.24, 2.45) is 5.92 Å². The third-order valence-electron chi connectivity index (χ3n) is 4.98. The van der Waals surface area contributed by atoms with Gasteiger partial charge in [-0.3, -0.25) is 4.79 Å². The number of amides is 1. The Hall–Kier alpha value is -2.09. The van der Waals surface area contributed by atoms with E-state index in [0.717, 1.165) is 18.4 Å². The second-order valence-electron chi connectivity index (χ2n) is 7.26. The minimum absolute atomic E-state index is 0.163. The van der Waals surface area contributed by atoms with E-state index in [4.69, 9.17) is 16.3 Å². The summed E-state index contributed by atoms with van der Waals surface area (Å²) in [6.07, 6.45) is 2.73. The van der Waals surface area contributed by atoms with Crippen LogP contribution in [0.1, 0.15) is 28.8 Å². The van der Waals surface area contributed by atoms with Crippen LogP contribution in [-0.2, 0) is 16.6 Å². The lowest BCUT2D eigenvalue weighted by molar-refractivity contribution is 0.0941. The van der Waals surface area contributed by atoms with E-state index in [2.05, 4.69) is 5.32 Å². The highest BCUT2D eigenvalue weighted by Crippen LogP contribution is 2.20. The zero-order valence-corrected chi connectivity index (χ0v) is 17.9. The highest BCUT2D eigenvalue weighted by Gasteiger charge is 2.25. The van der Waals surface area contributed by atoms with E-state index in [0.29, 0.717) is 42.6 Å². The number of carbonyl (C=O) groups is 1. The van der Waals surface area contributed by atoms with E-state index in [1.165, 1.54) is 10.6 Å². The van der Waals surface area contributed by atoms with Crippen LogP contribution in [0.15, 0.2) is 48.5 Å². The van der Waals surface area contributed by atoms with Gasteiger partial charge in [0, 0.05) is 30.2 Å². The molecule has 0 spiro atoms. The van der Waals surface area contributed by atoms with Gasteiger partial charge in [0.05, 0.1) is 6.26 Å². The first kappa shape index (κ1) is 21.6. The van der Waals surface area contributed by atoms with Crippen LogP contribution in [0, 0.1) is 5.92 Å². The molecule has 1 N–H and O–H groups in total. The molecule has 0 unspecified atom stereocenters. The molecular weight excluding hydrogens is 412 g/mol. The average molecular weight is 437 g/mol. The number of halogens is 1. The Labute approximate surface area is 176 Å². The van der Waals surface area contributed by atoms with Gasteiger partial charge in [-0.05, 0) is 54.7 Å². The van der Waals surface area contributed by atoms with Crippen molar-refractivity contribution in [3.63, 3.8) is 0 Å². The summed E-state index contributed by atoms with van der Waals surface area (Å²) in [7, 11) is -3.13. The molecule has 0 radical (unpaired) electrons. The van der Waals surface area contributed by atoms with Gasteiger partial charge >= 0.3 is 0 Å². The molecule has 1 aliphatic rings. The van der Waals surface area contributed by atoms with Crippen LogP contribution < -0.4 is 10.1 Å². The molecule has 1 aliphatic heterocycles. The summed E-state index contributed by atoms with van der Waals surface area (Å²) in [5.74, 6) is 0.724. The molecule has 156 valence electrons. The van der Waals surface area contributed by atoms with Crippen LogP contribution in [0.2, 0.25) is 5.02 Å². The van der Waals surface area contributed by atoms with Crippen molar-refractivity contribution in [1.29, 1.82) is 0 Å². The second-order valence-corrected chi connectivity index (χ2v) is 9.68. The maximum absolute atomic E-state index is 12.5. The molecule has 29 heavy (non-hydrogen) atoms. The van der Waals surface area contributed by atoms with Crippen LogP contribution in [0.25, 0.3) is 0 Å². The summed E-state index contributed by atoms with van der Waals surface area (Å²) in [5, 5.41) is 3.61. The van der Waals surface area contributed by atoms with Gasteiger partial charge in [-0.25, -0.2) is 12.7 Å². The highest BCUT2D eigenvalue weighted by molar-refractivity contribution is 7.88. The van der Waals surface area contributed by atoms with Gasteiger partial charge in [0.25, 0.3) is 5.91 Å². The van der Waals surface area contributed by atoms with Gasteiger partial charge in [-0.15, -0.1) is 0 Å². The zero-order valence-electron chi connectivity index (χ0n) is 16.3. The molecule has 8 heteroatoms. The molecule has 2 aromatic rings. The lowest BCUT2D eigenvalue weighted by Crippen LogP contribution is -2.41. The van der Waals surface area contributed by atoms with Crippen molar-refractivity contribution in [1.82, 2.24) is 9.62 Å². The molecule has 0 atom stereocenters. The zero-order chi connectivity index (χ0) is 20.9. The minimum Gasteiger partial charge on any atom is -0.489 e. The first-order chi connectivity index (χ1) is 13.8. The predicted molar refractivity (Wildman–Crippen MR) is 114 cm³/mol. The Kier molecular flexibility index (Phi) is 7.16. The van der Waals surface area contributed by atoms with Gasteiger partial charge < -0.3 is 10.1 Å². The maximum atomic E-state index is 12.5. The van der Waals surface area contributed by atoms with Crippen LogP contribution in [0.4, 0.5) is 0 Å². The van der Waals surface area contributed by atoms with Crippen molar-refractivity contribution in [3.8, 4) is 5.75 Å². The second kappa shape index (κ2) is 9.61. The summed E-state index contributed by atoms with van der Waals surface area (Å²) in [4.78, 5) is 12.5. The number of sulfonamides is 1. The molecule has 0 saturated carbocycles. The number of rotatable bonds is 7. The monoisotopic (exact) mass is 436 g/mol. The topological polar surface area (TPSA) is 75.7 Å². The molecule has 1 fully saturated rings. The standard InChI is InChI=1S/C21H25ClN2O4S/c1-29(26,27)24-10-8-16(9-11-24)14-23-21(25)18-5-3-7-20(13-18)28-15-17-4-2-6-19(22)12-17/h2-7,12-13,16H,8-11,14-15H2,1H3,(H,23,25). The number of ether oxygens (including phenoxy) is 1. The Bertz CT molecular complexity index is 957. The van der Waals surface area contributed by atoms with Gasteiger partial charge in [0.15, 0.2) is 0 Å². The molecular formula is C21H25ClN2O4S. The summed E-state index contributed by atoms with van der Waals surface area (Å²) in [6, 6.07) is 14.5. The van der Waals surface area contributed by atoms with Gasteiger partial charge in [0.2, 0.25) is 10.0 Å². The van der Waals surface area contributed by atoms with Gasteiger partial charge in [0.1, 0.15) is 12.4 Å². The minimum atomic E-state index is -3.13. The van der Waals surface area contributed by atoms with E-state index in [-0.39, 0.29) is 11.8 Å². The molecule has 0 aromatic heterocycles. The third-order valence-corrected chi connectivity index (χ3v) is 6.52. The van der Waals surface area contributed by atoms with Crippen molar-refractivity contribution in [2.45, 2.75) is 19.4 Å². The van der Waals surface area contributed by atoms with E-state index in [1.54, 1.807) is 24.3 Å². The normalized spacial score (nSPS) is 15.8. The quantitative estimate of drug-likeness (QED) is 0.722. The number of nitrogens with zero attached hydrogens (tertiary/aromatic N) is 1. The van der Waals surface area contributed by atoms with E-state index in [9.17, 15) is 13.2 Å². The van der Waals surface area contributed by atoms with Gasteiger partial charge in [-0.1, -0.05) is 29.8 Å². The Balaban J connectivity index is 1.49. The summed E-state index contributed by atoms with van der Waals surface area (Å²) < 4.78 is 30.4. The smallest absolute Gasteiger partial charge is 0.251 e. The lowest BCUT2D eigenvalue weighted by Gasteiger charge is -2.30. The van der Waals surface area contributed by atoms with Crippen LogP contribution in [0.3, 0.4) is 0 Å². The molecule has 2 aromatic carbocycles. The number of hydrogen-bond donors (Lipinski definition) is 1. The Morgan fingerprint density at radius 2 is 1.90 bits per heavy atom. The maximum Gasteiger partial charge on any atom is 0.251 e. The fourth-order valence-corrected chi connectivity index (χ4v) is 4.39. The third kappa shape index (κ3) is 6.45. The summed E-state index contributed by atoms with van der Waals surface area (Å²) in [6.45, 7) is 1.91. The Morgan fingerprint density at radius 1 is 1.17 bits per heavy atom. The fourth-order valence-electron chi connectivity index (χ4n) is 3.30. The van der Waals surface area contributed by atoms with Crippen LogP contribution >= 0.6 is 11.6 Å². The van der Waals surface area contributed by atoms with Crippen molar-refractivity contribution >= 4 is 27.5 Å². The van der Waals surface area contributed by atoms with Crippen LogP contribution in [-0.4, -0.2) is 44.5 Å². The first-order valence-corrected chi connectivity index (χ1v) is 11.7. The number of carbonyl (C=O) groups excluding carboxylic acids is 1. The SMILES string of the molecule is CS(=O)(=O)N1CCC(CNC(=O)c2cccc(OCc3cccc(Cl)c3)c2)CC1. The predicted octanol–water partition coefficient (Wildman–Crippen LogP) is 3.32. The number of benzene rings is 2. The van der Waals surface area contributed by atoms with E-state index >= 15 is 0 Å². The largest absolute Gasteiger partial charge is 0.489 e. The molecule has 6 nitrogen and oxygen atoms in total. The van der Waals surface area contributed by atoms with Gasteiger partial charge in [-0.2, -0.15) is 0 Å². The Morgan fingerprint density at radius 3 is 2.59 bits per heavy atom. The molecule has 0 bridgehead atoms. The average Bonchev–Trinajstić information content (AvgIpc) is 2.70. The molecule has 0 aliphatic carbocycles. The molecule has 1 heterocycles. The van der Waals surface area contributed by atoms with E-state index < -0.39 is 10.0 Å². The summed E-state index contributed by atoms with van der Waals surface area (Å²) in [5.41, 5.74) is 1.48. The number of hydrogen-bond acceptors (Lipinski definition) is 4. The first-order valence-electron chi connectivity index (χ1n) is 9.52. The molecule has 1 saturated heterocycles. The fraction of sp³-hybridized carbons (Fsp3) is 0.381.